The van der Waals surface area contributed by atoms with Crippen molar-refractivity contribution in [3.63, 3.8) is 0 Å². The van der Waals surface area contributed by atoms with Gasteiger partial charge in [-0.3, -0.25) is 4.21 Å². The maximum Gasteiger partial charge on any atom is 0.0991 e. The summed E-state index contributed by atoms with van der Waals surface area (Å²) in [6.07, 6.45) is 0. The van der Waals surface area contributed by atoms with E-state index in [1.807, 2.05) is 6.07 Å². The van der Waals surface area contributed by atoms with Gasteiger partial charge in [0.25, 0.3) is 0 Å². The number of rotatable bonds is 3. The zero-order valence-corrected chi connectivity index (χ0v) is 11.5. The van der Waals surface area contributed by atoms with Gasteiger partial charge < -0.3 is 5.73 Å². The van der Waals surface area contributed by atoms with Crippen LogP contribution in [-0.4, -0.2) is 4.21 Å². The molecule has 1 atom stereocenters. The van der Waals surface area contributed by atoms with Gasteiger partial charge in [-0.05, 0) is 35.9 Å². The molecule has 0 aliphatic carbocycles. The van der Waals surface area contributed by atoms with Gasteiger partial charge in [0.1, 0.15) is 0 Å². The third kappa shape index (κ3) is 3.34. The predicted molar refractivity (Wildman–Crippen MR) is 77.1 cm³/mol. The van der Waals surface area contributed by atoms with E-state index in [0.717, 1.165) is 5.56 Å². The molecule has 1 unspecified atom stereocenters. The number of halogens is 1. The van der Waals surface area contributed by atoms with Crippen LogP contribution in [0.2, 0.25) is 5.02 Å². The molecule has 0 aromatic heterocycles. The predicted octanol–water partition coefficient (Wildman–Crippen LogP) is 3.10. The van der Waals surface area contributed by atoms with Crippen LogP contribution in [0, 0.1) is 11.3 Å². The van der Waals surface area contributed by atoms with E-state index >= 15 is 0 Å². The Hall–Kier alpha value is -1.83. The van der Waals surface area contributed by atoms with Crippen molar-refractivity contribution >= 4 is 28.1 Å². The molecular formula is C14H11ClN2OS. The first-order chi connectivity index (χ1) is 9.10. The van der Waals surface area contributed by atoms with E-state index in [0.29, 0.717) is 26.9 Å². The van der Waals surface area contributed by atoms with E-state index in [9.17, 15) is 4.21 Å². The lowest BCUT2D eigenvalue weighted by Crippen LogP contribution is -1.98. The van der Waals surface area contributed by atoms with Crippen LogP contribution in [-0.2, 0) is 16.6 Å². The summed E-state index contributed by atoms with van der Waals surface area (Å²) in [4.78, 5) is 0.554. The number of benzene rings is 2. The highest BCUT2D eigenvalue weighted by atomic mass is 35.5. The second kappa shape index (κ2) is 5.87. The molecule has 19 heavy (non-hydrogen) atoms. The van der Waals surface area contributed by atoms with Gasteiger partial charge in [0, 0.05) is 5.69 Å². The Bertz CT molecular complexity index is 679. The molecule has 2 aromatic carbocycles. The molecule has 0 spiro atoms. The molecule has 0 saturated heterocycles. The highest BCUT2D eigenvalue weighted by Crippen LogP contribution is 2.24. The lowest BCUT2D eigenvalue weighted by atomic mass is 10.2. The Morgan fingerprint density at radius 3 is 2.74 bits per heavy atom. The summed E-state index contributed by atoms with van der Waals surface area (Å²) in [6, 6.07) is 14.0. The maximum absolute atomic E-state index is 12.2. The monoisotopic (exact) mass is 290 g/mol. The van der Waals surface area contributed by atoms with Crippen LogP contribution in [0.4, 0.5) is 5.69 Å². The Morgan fingerprint density at radius 1 is 1.26 bits per heavy atom. The number of hydrogen-bond acceptors (Lipinski definition) is 3. The molecule has 0 radical (unpaired) electrons. The zero-order valence-electron chi connectivity index (χ0n) is 9.97. The summed E-state index contributed by atoms with van der Waals surface area (Å²) in [5.74, 6) is 0.319. The van der Waals surface area contributed by atoms with Crippen molar-refractivity contribution in [3.8, 4) is 6.07 Å². The average molecular weight is 291 g/mol. The summed E-state index contributed by atoms with van der Waals surface area (Å²) < 4.78 is 12.2. The molecule has 2 rings (SSSR count). The number of anilines is 1. The molecule has 2 N–H and O–H groups in total. The smallest absolute Gasteiger partial charge is 0.0991 e. The number of nitrogens with zero attached hydrogens (tertiary/aromatic N) is 1. The standard InChI is InChI=1S/C14H11ClN2OS/c15-13-7-12(17)4-5-14(13)19(18)9-11-3-1-2-10(6-11)8-16/h1-7H,9,17H2. The van der Waals surface area contributed by atoms with Crippen molar-refractivity contribution in [2.75, 3.05) is 5.73 Å². The minimum Gasteiger partial charge on any atom is -0.399 e. The third-order valence-electron chi connectivity index (χ3n) is 2.56. The Labute approximate surface area is 119 Å². The van der Waals surface area contributed by atoms with E-state index in [-0.39, 0.29) is 0 Å². The van der Waals surface area contributed by atoms with Crippen LogP contribution in [0.5, 0.6) is 0 Å². The van der Waals surface area contributed by atoms with Crippen molar-refractivity contribution in [3.05, 3.63) is 58.6 Å². The summed E-state index contributed by atoms with van der Waals surface area (Å²) in [5.41, 5.74) is 7.53. The largest absolute Gasteiger partial charge is 0.399 e. The van der Waals surface area contributed by atoms with Crippen LogP contribution in [0.3, 0.4) is 0 Å². The first kappa shape index (κ1) is 13.6. The quantitative estimate of drug-likeness (QED) is 0.883. The van der Waals surface area contributed by atoms with Crippen molar-refractivity contribution in [1.82, 2.24) is 0 Å². The number of nitrogens with two attached hydrogens (primary N) is 1. The van der Waals surface area contributed by atoms with E-state index in [2.05, 4.69) is 6.07 Å². The molecule has 5 heteroatoms. The molecule has 0 fully saturated rings. The minimum absolute atomic E-state index is 0.319. The van der Waals surface area contributed by atoms with Crippen molar-refractivity contribution < 1.29 is 4.21 Å². The van der Waals surface area contributed by atoms with E-state index < -0.39 is 10.8 Å². The maximum atomic E-state index is 12.2. The highest BCUT2D eigenvalue weighted by molar-refractivity contribution is 7.84. The average Bonchev–Trinajstić information content (AvgIpc) is 2.38. The fourth-order valence-corrected chi connectivity index (χ4v) is 3.24. The summed E-state index contributed by atoms with van der Waals surface area (Å²) in [7, 11) is -1.26. The number of hydrogen-bond donors (Lipinski definition) is 1. The molecule has 0 aliphatic heterocycles. The zero-order chi connectivity index (χ0) is 13.8. The van der Waals surface area contributed by atoms with E-state index in [1.165, 1.54) is 0 Å². The Morgan fingerprint density at radius 2 is 2.05 bits per heavy atom. The molecule has 0 bridgehead atoms. The Kier molecular flexibility index (Phi) is 4.20. The van der Waals surface area contributed by atoms with E-state index in [4.69, 9.17) is 22.6 Å². The topological polar surface area (TPSA) is 66.9 Å². The summed E-state index contributed by atoms with van der Waals surface area (Å²) in [6.45, 7) is 0. The van der Waals surface area contributed by atoms with Crippen molar-refractivity contribution in [1.29, 1.82) is 5.26 Å². The molecule has 96 valence electrons. The van der Waals surface area contributed by atoms with Gasteiger partial charge in [-0.2, -0.15) is 5.26 Å². The highest BCUT2D eigenvalue weighted by Gasteiger charge is 2.10. The molecule has 2 aromatic rings. The van der Waals surface area contributed by atoms with Gasteiger partial charge in [-0.1, -0.05) is 23.7 Å². The van der Waals surface area contributed by atoms with Gasteiger partial charge in [-0.15, -0.1) is 0 Å². The first-order valence-electron chi connectivity index (χ1n) is 5.52. The summed E-state index contributed by atoms with van der Waals surface area (Å²) >= 11 is 6.02. The fraction of sp³-hybridized carbons (Fsp3) is 0.0714. The third-order valence-corrected chi connectivity index (χ3v) is 4.42. The summed E-state index contributed by atoms with van der Waals surface area (Å²) in [5, 5.41) is 9.22. The lowest BCUT2D eigenvalue weighted by molar-refractivity contribution is 0.682. The number of nitriles is 1. The van der Waals surface area contributed by atoms with Crippen LogP contribution in [0.1, 0.15) is 11.1 Å². The van der Waals surface area contributed by atoms with Gasteiger partial charge in [0.05, 0.1) is 38.1 Å². The van der Waals surface area contributed by atoms with Crippen LogP contribution >= 0.6 is 11.6 Å². The SMILES string of the molecule is N#Cc1cccc(CS(=O)c2ccc(N)cc2Cl)c1. The van der Waals surface area contributed by atoms with Crippen molar-refractivity contribution in [2.45, 2.75) is 10.6 Å². The lowest BCUT2D eigenvalue weighted by Gasteiger charge is -2.06. The second-order valence-corrected chi connectivity index (χ2v) is 5.82. The van der Waals surface area contributed by atoms with Crippen LogP contribution in [0.15, 0.2) is 47.4 Å². The Balaban J connectivity index is 2.23. The second-order valence-electron chi connectivity index (χ2n) is 3.99. The van der Waals surface area contributed by atoms with Crippen LogP contribution in [0.25, 0.3) is 0 Å². The number of nitrogen functional groups attached to an aromatic ring is 1. The first-order valence-corrected chi connectivity index (χ1v) is 7.22. The van der Waals surface area contributed by atoms with Crippen molar-refractivity contribution in [2.24, 2.45) is 0 Å². The fourth-order valence-electron chi connectivity index (χ4n) is 1.66. The minimum atomic E-state index is -1.26. The van der Waals surface area contributed by atoms with Crippen LogP contribution < -0.4 is 5.73 Å². The van der Waals surface area contributed by atoms with Gasteiger partial charge in [-0.25, -0.2) is 0 Å². The normalized spacial score (nSPS) is 11.8. The molecule has 0 aliphatic rings. The molecule has 3 nitrogen and oxygen atoms in total. The van der Waals surface area contributed by atoms with Gasteiger partial charge in [0.15, 0.2) is 0 Å². The molecule has 0 saturated carbocycles. The molecular weight excluding hydrogens is 280 g/mol. The van der Waals surface area contributed by atoms with Gasteiger partial charge in [0.2, 0.25) is 0 Å². The van der Waals surface area contributed by atoms with E-state index in [1.54, 1.807) is 36.4 Å². The molecule has 0 amide bonds. The molecule has 0 heterocycles. The van der Waals surface area contributed by atoms with Gasteiger partial charge >= 0.3 is 0 Å².